The molecule has 0 bridgehead atoms. The summed E-state index contributed by atoms with van der Waals surface area (Å²) < 4.78 is 11.6. The van der Waals surface area contributed by atoms with Gasteiger partial charge in [-0.1, -0.05) is 78.2 Å². The Labute approximate surface area is 467 Å². The molecule has 0 saturated carbocycles. The first-order valence-corrected chi connectivity index (χ1v) is 34.2. The Bertz CT molecular complexity index is 3680. The molecule has 0 saturated heterocycles. The van der Waals surface area contributed by atoms with Crippen LogP contribution in [-0.4, -0.2) is 47.4 Å². The van der Waals surface area contributed by atoms with E-state index in [-0.39, 0.29) is 46.5 Å². The van der Waals surface area contributed by atoms with Gasteiger partial charge in [0.1, 0.15) is 11.6 Å². The van der Waals surface area contributed by atoms with Crippen LogP contribution in [0.5, 0.6) is 0 Å². The zero-order valence-corrected chi connectivity index (χ0v) is 49.1. The predicted octanol–water partition coefficient (Wildman–Crippen LogP) is 14.6. The third-order valence-corrected chi connectivity index (χ3v) is 27.0. The van der Waals surface area contributed by atoms with Crippen LogP contribution in [0.25, 0.3) is 42.6 Å². The fourth-order valence-corrected chi connectivity index (χ4v) is 23.2. The summed E-state index contributed by atoms with van der Waals surface area (Å²) in [6.45, 7) is 29.3. The van der Waals surface area contributed by atoms with Gasteiger partial charge in [-0.05, 0) is 80.1 Å². The third-order valence-electron chi connectivity index (χ3n) is 13.2. The van der Waals surface area contributed by atoms with Crippen molar-refractivity contribution < 1.29 is 0 Å². The normalized spacial score (nSPS) is 11.4. The first kappa shape index (κ1) is 59.1. The van der Waals surface area contributed by atoms with Crippen LogP contribution < -0.4 is 33.2 Å². The van der Waals surface area contributed by atoms with E-state index in [2.05, 4.69) is 89.7 Å². The van der Waals surface area contributed by atoms with Crippen LogP contribution in [0.15, 0.2) is 131 Å². The number of benzene rings is 4. The Hall–Kier alpha value is -8.15. The predicted molar refractivity (Wildman–Crippen MR) is 324 cm³/mol. The third kappa shape index (κ3) is 14.7. The minimum atomic E-state index is -2.02. The van der Waals surface area contributed by atoms with Gasteiger partial charge < -0.3 is 22.1 Å². The molecule has 4 aromatic heterocycles. The number of anilines is 4. The first-order chi connectivity index (χ1) is 37.8. The van der Waals surface area contributed by atoms with Gasteiger partial charge in [0, 0.05) is 40.7 Å². The topological polar surface area (TPSA) is 180 Å². The molecule has 0 spiro atoms. The summed E-state index contributed by atoms with van der Waals surface area (Å²) in [5.41, 5.74) is 15.1. The average molecular weight is 1170 g/mol. The summed E-state index contributed by atoms with van der Waals surface area (Å²) >= 11 is 4.33. The summed E-state index contributed by atoms with van der Waals surface area (Å²) in [5, 5.41) is 9.36. The van der Waals surface area contributed by atoms with Gasteiger partial charge in [0.25, 0.3) is 11.1 Å². The van der Waals surface area contributed by atoms with Gasteiger partial charge in [-0.3, -0.25) is 18.7 Å². The smallest absolute Gasteiger partial charge is 0.264 e. The van der Waals surface area contributed by atoms with Crippen LogP contribution >= 0.6 is 11.6 Å². The SMILES string of the molecule is CC#[C][Sn]([CH2]CCC)([CH2]CCC)[CH2]CCC.[C-]#[N+]c1cnc(N)nc1N[C@@H](C)c1cc2cccc(C#CC)c2c(=O)n1-c1ccccc1.[C-]#[N+]c1cnc(N)nc1N[C@@H](C)c1cc2cccc(Cl)c2c(=O)n1-c1ccccc1. The second kappa shape index (κ2) is 28.8. The van der Waals surface area contributed by atoms with E-state index in [1.54, 1.807) is 28.2 Å². The molecular weight excluding hydrogens is 1100 g/mol. The second-order valence-corrected chi connectivity index (χ2v) is 31.5. The molecule has 0 unspecified atom stereocenters. The van der Waals surface area contributed by atoms with Crippen molar-refractivity contribution >= 4 is 86.4 Å². The number of para-hydroxylation sites is 2. The van der Waals surface area contributed by atoms with E-state index in [4.69, 9.17) is 36.2 Å². The number of nitrogen functional groups attached to an aromatic ring is 2. The van der Waals surface area contributed by atoms with Crippen molar-refractivity contribution in [1.29, 1.82) is 0 Å². The van der Waals surface area contributed by atoms with Crippen molar-refractivity contribution in [3.63, 3.8) is 0 Å². The van der Waals surface area contributed by atoms with Crippen molar-refractivity contribution in [3.8, 4) is 33.1 Å². The standard InChI is InChI=1S/C25H20N6O.C22H17ClN6O.3C4H9.C3H3.Sn/c1-4-9-17-10-8-11-18-14-21(16(2)29-23-20(27-3)15-28-25(26)30-23)31(24(32)22(17)18)19-12-6-5-7-13-19;1-13(27-20-17(25-2)12-26-22(24)28-20)18-11-14-7-6-10-16(23)19(14)21(30)29(18)15-8-4-3-5-9-15;3*1-3-4-2;1-3-2;/h5-8,10-16H,1-2H3,(H3,26,28,29,30);3-13H,1H3,(H3,24,26,27,28);3*1,3-4H2,2H3;1H3;/t16-;13-;;;;;/m00...../s1. The fourth-order valence-electron chi connectivity index (χ4n) is 9.37. The van der Waals surface area contributed by atoms with Gasteiger partial charge in [0.2, 0.25) is 23.3 Å². The molecule has 0 radical (unpaired) electrons. The number of halogens is 1. The largest absolute Gasteiger partial charge is 0.371 e. The van der Waals surface area contributed by atoms with E-state index in [1.165, 1.54) is 64.2 Å². The molecule has 0 aliphatic rings. The van der Waals surface area contributed by atoms with Crippen molar-refractivity contribution in [2.24, 2.45) is 0 Å². The maximum atomic E-state index is 13.8. The van der Waals surface area contributed by atoms with Crippen LogP contribution in [0.2, 0.25) is 18.3 Å². The van der Waals surface area contributed by atoms with Crippen LogP contribution in [0, 0.1) is 34.8 Å². The molecular formula is C62H67ClN12O2Sn. The molecule has 8 aromatic rings. The van der Waals surface area contributed by atoms with Gasteiger partial charge in [0.15, 0.2) is 0 Å². The van der Waals surface area contributed by atoms with Crippen molar-refractivity contribution in [2.75, 3.05) is 22.1 Å². The Morgan fingerprint density at radius 3 is 1.49 bits per heavy atom. The average Bonchev–Trinajstić information content (AvgIpc) is 3.51. The molecule has 0 aliphatic carbocycles. The Balaban J connectivity index is 0.000000200. The number of pyridine rings is 2. The number of hydrogen-bond acceptors (Lipinski definition) is 10. The molecule has 4 heterocycles. The minimum Gasteiger partial charge on any atom is -0.371 e. The summed E-state index contributed by atoms with van der Waals surface area (Å²) in [7, 11) is 0. The van der Waals surface area contributed by atoms with Crippen molar-refractivity contribution in [1.82, 2.24) is 29.1 Å². The number of unbranched alkanes of at least 4 members (excludes halogenated alkanes) is 3. The maximum absolute atomic E-state index is 13.8. The number of nitrogens with one attached hydrogen (secondary N) is 2. The quantitative estimate of drug-likeness (QED) is 0.0389. The van der Waals surface area contributed by atoms with Crippen LogP contribution in [0.1, 0.15) is 116 Å². The second-order valence-electron chi connectivity index (χ2n) is 18.8. The van der Waals surface area contributed by atoms with Gasteiger partial charge >= 0.3 is 108 Å². The zero-order chi connectivity index (χ0) is 56.2. The van der Waals surface area contributed by atoms with E-state index >= 15 is 0 Å². The number of rotatable bonds is 17. The van der Waals surface area contributed by atoms with Crippen LogP contribution in [0.3, 0.4) is 0 Å². The van der Waals surface area contributed by atoms with E-state index in [9.17, 15) is 9.59 Å². The summed E-state index contributed by atoms with van der Waals surface area (Å²) in [4.78, 5) is 50.2. The molecule has 8 rings (SSSR count). The molecule has 4 aromatic carbocycles. The van der Waals surface area contributed by atoms with E-state index in [1.807, 2.05) is 111 Å². The summed E-state index contributed by atoms with van der Waals surface area (Å²) in [6.07, 6.45) is 11.1. The van der Waals surface area contributed by atoms with Gasteiger partial charge in [-0.15, -0.1) is 5.92 Å². The minimum absolute atomic E-state index is 0.0582. The van der Waals surface area contributed by atoms with Crippen LogP contribution in [0.4, 0.5) is 34.9 Å². The Morgan fingerprint density at radius 2 is 1.06 bits per heavy atom. The van der Waals surface area contributed by atoms with E-state index in [0.717, 1.165) is 16.5 Å². The van der Waals surface area contributed by atoms with Gasteiger partial charge in [-0.25, -0.2) is 29.6 Å². The van der Waals surface area contributed by atoms with Crippen LogP contribution in [-0.2, 0) is 0 Å². The zero-order valence-electron chi connectivity index (χ0n) is 45.5. The summed E-state index contributed by atoms with van der Waals surface area (Å²) in [6, 6.07) is 32.9. The van der Waals surface area contributed by atoms with E-state index in [0.29, 0.717) is 50.1 Å². The van der Waals surface area contributed by atoms with Crippen molar-refractivity contribution in [2.45, 2.75) is 112 Å². The molecule has 2 atom stereocenters. The number of nitrogens with zero attached hydrogens (tertiary/aromatic N) is 8. The molecule has 16 heteroatoms. The molecule has 0 aliphatic heterocycles. The van der Waals surface area contributed by atoms with E-state index < -0.39 is 18.4 Å². The Morgan fingerprint density at radius 1 is 0.628 bits per heavy atom. The Kier molecular flexibility index (Phi) is 21.8. The molecule has 0 amide bonds. The molecule has 0 fully saturated rings. The molecule has 78 heavy (non-hydrogen) atoms. The fraction of sp³-hybridized carbons (Fsp3) is 0.290. The number of fused-ring (bicyclic) bond motifs is 2. The number of aromatic nitrogens is 6. The maximum Gasteiger partial charge on any atom is 0.264 e. The summed E-state index contributed by atoms with van der Waals surface area (Å²) in [5.74, 6) is 9.95. The molecule has 6 N–H and O–H groups in total. The first-order valence-electron chi connectivity index (χ1n) is 26.3. The van der Waals surface area contributed by atoms with Crippen molar-refractivity contribution in [3.05, 3.63) is 187 Å². The van der Waals surface area contributed by atoms with Gasteiger partial charge in [-0.2, -0.15) is 0 Å². The van der Waals surface area contributed by atoms with Gasteiger partial charge in [0.05, 0.1) is 41.0 Å². The monoisotopic (exact) mass is 1170 g/mol. The number of hydrogen-bond donors (Lipinski definition) is 4. The number of nitrogens with two attached hydrogens (primary N) is 2. The molecule has 14 nitrogen and oxygen atoms in total. The molecule has 398 valence electrons.